The molecule has 0 saturated heterocycles. The lowest BCUT2D eigenvalue weighted by atomic mass is 10.0. The van der Waals surface area contributed by atoms with Crippen LogP contribution in [0.15, 0.2) is 30.3 Å². The minimum absolute atomic E-state index is 0.377. The van der Waals surface area contributed by atoms with Crippen LogP contribution in [-0.4, -0.2) is 29.4 Å². The van der Waals surface area contributed by atoms with Gasteiger partial charge in [0.05, 0.1) is 6.10 Å². The van der Waals surface area contributed by atoms with Gasteiger partial charge in [0.15, 0.2) is 0 Å². The Morgan fingerprint density at radius 1 is 1.30 bits per heavy atom. The Morgan fingerprint density at radius 3 is 2.55 bits per heavy atom. The number of ether oxygens (including phenoxy) is 1. The number of hydrogen-bond donors (Lipinski definition) is 2. The summed E-state index contributed by atoms with van der Waals surface area (Å²) in [6.45, 7) is 6.00. The summed E-state index contributed by atoms with van der Waals surface area (Å²) < 4.78 is 5.13. The maximum atomic E-state index is 11.4. The smallest absolute Gasteiger partial charge is 0.407 e. The van der Waals surface area contributed by atoms with Crippen LogP contribution in [0.2, 0.25) is 0 Å². The number of aliphatic hydroxyl groups excluding tert-OH is 1. The molecule has 4 nitrogen and oxygen atoms in total. The molecule has 0 aromatic heterocycles. The molecule has 0 aliphatic heterocycles. The van der Waals surface area contributed by atoms with Gasteiger partial charge in [0.1, 0.15) is 5.60 Å². The molecule has 1 aromatic rings. The zero-order valence-electron chi connectivity index (χ0n) is 12.6. The Bertz CT molecular complexity index is 398. The van der Waals surface area contributed by atoms with Crippen molar-refractivity contribution in [1.82, 2.24) is 5.32 Å². The molecule has 1 aromatic carbocycles. The lowest BCUT2D eigenvalue weighted by molar-refractivity contribution is 0.0523. The van der Waals surface area contributed by atoms with Gasteiger partial charge in [-0.15, -0.1) is 0 Å². The minimum atomic E-state index is -0.475. The number of benzene rings is 1. The highest BCUT2D eigenvalue weighted by atomic mass is 16.6. The van der Waals surface area contributed by atoms with Crippen LogP contribution in [0.3, 0.4) is 0 Å². The Labute approximate surface area is 121 Å². The van der Waals surface area contributed by atoms with Gasteiger partial charge in [-0.3, -0.25) is 0 Å². The van der Waals surface area contributed by atoms with Gasteiger partial charge in [-0.1, -0.05) is 30.3 Å². The Kier molecular flexibility index (Phi) is 6.52. The van der Waals surface area contributed by atoms with Crippen LogP contribution in [0, 0.1) is 0 Å². The van der Waals surface area contributed by atoms with E-state index >= 15 is 0 Å². The molecule has 20 heavy (non-hydrogen) atoms. The third-order valence-electron chi connectivity index (χ3n) is 2.70. The molecule has 0 unspecified atom stereocenters. The van der Waals surface area contributed by atoms with Crippen LogP contribution in [0.1, 0.15) is 39.2 Å². The molecule has 0 saturated carbocycles. The second-order valence-electron chi connectivity index (χ2n) is 5.91. The fraction of sp³-hybridized carbons (Fsp3) is 0.562. The van der Waals surface area contributed by atoms with Crippen LogP contribution >= 0.6 is 0 Å². The van der Waals surface area contributed by atoms with Gasteiger partial charge in [-0.2, -0.15) is 0 Å². The first-order chi connectivity index (χ1) is 9.37. The second-order valence-corrected chi connectivity index (χ2v) is 5.91. The third kappa shape index (κ3) is 7.79. The number of amides is 1. The first kappa shape index (κ1) is 16.5. The molecule has 0 aliphatic carbocycles. The molecule has 4 heteroatoms. The highest BCUT2D eigenvalue weighted by Gasteiger charge is 2.15. The maximum Gasteiger partial charge on any atom is 0.407 e. The number of carbonyl (C=O) groups is 1. The predicted octanol–water partition coefficient (Wildman–Crippen LogP) is 2.89. The number of alkyl carbamates (subject to hydrolysis) is 1. The summed E-state index contributed by atoms with van der Waals surface area (Å²) in [6, 6.07) is 9.89. The molecule has 0 fully saturated rings. The molecule has 1 rings (SSSR count). The van der Waals surface area contributed by atoms with E-state index in [0.29, 0.717) is 19.4 Å². The number of nitrogens with one attached hydrogen (secondary N) is 1. The summed E-state index contributed by atoms with van der Waals surface area (Å²) in [5.74, 6) is 0. The molecule has 1 atom stereocenters. The van der Waals surface area contributed by atoms with E-state index in [2.05, 4.69) is 5.32 Å². The first-order valence-corrected chi connectivity index (χ1v) is 7.05. The van der Waals surface area contributed by atoms with Crippen molar-refractivity contribution in [3.05, 3.63) is 35.9 Å². The standard InChI is InChI=1S/C16H25NO3/c1-16(2,3)20-15(19)17-11-7-10-14(18)12-13-8-5-4-6-9-13/h4-6,8-9,14,18H,7,10-12H2,1-3H3,(H,17,19)/t14-/m1/s1. The van der Waals surface area contributed by atoms with Gasteiger partial charge >= 0.3 is 6.09 Å². The van der Waals surface area contributed by atoms with Gasteiger partial charge < -0.3 is 15.2 Å². The average molecular weight is 279 g/mol. The van der Waals surface area contributed by atoms with Crippen molar-refractivity contribution in [3.63, 3.8) is 0 Å². The molecule has 0 bridgehead atoms. The number of rotatable bonds is 6. The Balaban J connectivity index is 2.13. The Morgan fingerprint density at radius 2 is 1.95 bits per heavy atom. The topological polar surface area (TPSA) is 58.6 Å². The maximum absolute atomic E-state index is 11.4. The SMILES string of the molecule is CC(C)(C)OC(=O)NCCC[C@@H](O)Cc1ccccc1. The molecular formula is C16H25NO3. The lowest BCUT2D eigenvalue weighted by Gasteiger charge is -2.19. The van der Waals surface area contributed by atoms with Crippen LogP contribution in [0.25, 0.3) is 0 Å². The summed E-state index contributed by atoms with van der Waals surface area (Å²) >= 11 is 0. The van der Waals surface area contributed by atoms with E-state index in [-0.39, 0.29) is 6.10 Å². The molecule has 1 amide bonds. The zero-order valence-corrected chi connectivity index (χ0v) is 12.6. The minimum Gasteiger partial charge on any atom is -0.444 e. The third-order valence-corrected chi connectivity index (χ3v) is 2.70. The summed E-state index contributed by atoms with van der Waals surface area (Å²) in [6.07, 6.45) is 1.25. The van der Waals surface area contributed by atoms with Gasteiger partial charge in [0, 0.05) is 6.54 Å². The van der Waals surface area contributed by atoms with E-state index in [9.17, 15) is 9.90 Å². The van der Waals surface area contributed by atoms with E-state index in [1.54, 1.807) is 0 Å². The number of hydrogen-bond acceptors (Lipinski definition) is 3. The fourth-order valence-corrected chi connectivity index (χ4v) is 1.83. The van der Waals surface area contributed by atoms with E-state index in [4.69, 9.17) is 4.74 Å². The van der Waals surface area contributed by atoms with Crippen molar-refractivity contribution in [2.75, 3.05) is 6.54 Å². The van der Waals surface area contributed by atoms with Crippen molar-refractivity contribution in [2.24, 2.45) is 0 Å². The zero-order chi connectivity index (χ0) is 15.0. The van der Waals surface area contributed by atoms with Gasteiger partial charge in [0.2, 0.25) is 0 Å². The summed E-state index contributed by atoms with van der Waals surface area (Å²) in [7, 11) is 0. The highest BCUT2D eigenvalue weighted by Crippen LogP contribution is 2.08. The quantitative estimate of drug-likeness (QED) is 0.787. The van der Waals surface area contributed by atoms with Gasteiger partial charge in [-0.05, 0) is 45.6 Å². The summed E-state index contributed by atoms with van der Waals surface area (Å²) in [5.41, 5.74) is 0.650. The normalized spacial score (nSPS) is 12.8. The van der Waals surface area contributed by atoms with E-state index < -0.39 is 11.7 Å². The monoisotopic (exact) mass is 279 g/mol. The van der Waals surface area contributed by atoms with Crippen LogP contribution in [-0.2, 0) is 11.2 Å². The largest absolute Gasteiger partial charge is 0.444 e. The van der Waals surface area contributed by atoms with E-state index in [0.717, 1.165) is 12.0 Å². The predicted molar refractivity (Wildman–Crippen MR) is 79.6 cm³/mol. The van der Waals surface area contributed by atoms with Gasteiger partial charge in [0.25, 0.3) is 0 Å². The summed E-state index contributed by atoms with van der Waals surface area (Å²) in [5, 5.41) is 12.6. The van der Waals surface area contributed by atoms with Gasteiger partial charge in [-0.25, -0.2) is 4.79 Å². The first-order valence-electron chi connectivity index (χ1n) is 7.05. The molecule has 0 aliphatic rings. The van der Waals surface area contributed by atoms with Crippen molar-refractivity contribution < 1.29 is 14.6 Å². The van der Waals surface area contributed by atoms with Crippen molar-refractivity contribution in [3.8, 4) is 0 Å². The molecular weight excluding hydrogens is 254 g/mol. The van der Waals surface area contributed by atoms with Crippen LogP contribution in [0.5, 0.6) is 0 Å². The van der Waals surface area contributed by atoms with Crippen molar-refractivity contribution in [2.45, 2.75) is 51.7 Å². The lowest BCUT2D eigenvalue weighted by Crippen LogP contribution is -2.33. The van der Waals surface area contributed by atoms with Crippen LogP contribution in [0.4, 0.5) is 4.79 Å². The molecule has 2 N–H and O–H groups in total. The fourth-order valence-electron chi connectivity index (χ4n) is 1.83. The van der Waals surface area contributed by atoms with Crippen LogP contribution < -0.4 is 5.32 Å². The number of carbonyl (C=O) groups excluding carboxylic acids is 1. The summed E-state index contributed by atoms with van der Waals surface area (Å²) in [4.78, 5) is 11.4. The van der Waals surface area contributed by atoms with Crippen molar-refractivity contribution in [1.29, 1.82) is 0 Å². The van der Waals surface area contributed by atoms with E-state index in [1.807, 2.05) is 51.1 Å². The average Bonchev–Trinajstić information content (AvgIpc) is 2.34. The number of aliphatic hydroxyl groups is 1. The Hall–Kier alpha value is -1.55. The second kappa shape index (κ2) is 7.90. The molecule has 0 spiro atoms. The molecule has 0 heterocycles. The highest BCUT2D eigenvalue weighted by molar-refractivity contribution is 5.67. The van der Waals surface area contributed by atoms with Crippen molar-refractivity contribution >= 4 is 6.09 Å². The molecule has 0 radical (unpaired) electrons. The van der Waals surface area contributed by atoms with E-state index in [1.165, 1.54) is 0 Å². The molecule has 112 valence electrons.